The molecule has 0 saturated heterocycles. The maximum Gasteiger partial charge on any atom is 0.244 e. The lowest BCUT2D eigenvalue weighted by molar-refractivity contribution is -0.122. The van der Waals surface area contributed by atoms with E-state index in [0.29, 0.717) is 13.2 Å². The first-order chi connectivity index (χ1) is 10.6. The van der Waals surface area contributed by atoms with E-state index in [4.69, 9.17) is 15.2 Å². The largest absolute Gasteiger partial charge is 0.493 e. The van der Waals surface area contributed by atoms with Gasteiger partial charge in [0.05, 0.1) is 12.1 Å². The molecule has 5 nitrogen and oxygen atoms in total. The molecule has 1 aliphatic carbocycles. The normalized spacial score (nSPS) is 17.0. The van der Waals surface area contributed by atoms with Crippen molar-refractivity contribution < 1.29 is 14.3 Å². The summed E-state index contributed by atoms with van der Waals surface area (Å²) in [5.41, 5.74) is 6.24. The van der Waals surface area contributed by atoms with Gasteiger partial charge in [0.25, 0.3) is 0 Å². The van der Waals surface area contributed by atoms with Gasteiger partial charge in [-0.25, -0.2) is 0 Å². The van der Waals surface area contributed by atoms with Crippen molar-refractivity contribution in [3.05, 3.63) is 24.3 Å². The van der Waals surface area contributed by atoms with E-state index >= 15 is 0 Å². The molecule has 22 heavy (non-hydrogen) atoms. The van der Waals surface area contributed by atoms with Gasteiger partial charge in [-0.2, -0.15) is 0 Å². The van der Waals surface area contributed by atoms with Gasteiger partial charge in [-0.1, -0.05) is 25.3 Å². The second-order valence-electron chi connectivity index (χ2n) is 5.89. The van der Waals surface area contributed by atoms with Crippen LogP contribution < -0.4 is 15.8 Å². The molecular formula is C17H26N2O3. The molecule has 1 aromatic rings. The van der Waals surface area contributed by atoms with Crippen LogP contribution in [-0.2, 0) is 9.53 Å². The monoisotopic (exact) mass is 306 g/mol. The lowest BCUT2D eigenvalue weighted by atomic mass is 9.82. The number of rotatable bonds is 7. The number of nitrogens with one attached hydrogen (secondary N) is 1. The van der Waals surface area contributed by atoms with Gasteiger partial charge in [0.2, 0.25) is 5.91 Å². The number of anilines is 1. The highest BCUT2D eigenvalue weighted by molar-refractivity contribution is 5.98. The van der Waals surface area contributed by atoms with Crippen molar-refractivity contribution in [3.63, 3.8) is 0 Å². The number of benzene rings is 1. The van der Waals surface area contributed by atoms with Crippen LogP contribution in [0.2, 0.25) is 0 Å². The molecule has 3 N–H and O–H groups in total. The van der Waals surface area contributed by atoms with Crippen LogP contribution in [0, 0.1) is 0 Å². The Bertz CT molecular complexity index is 485. The molecule has 1 saturated carbocycles. The highest BCUT2D eigenvalue weighted by Crippen LogP contribution is 2.27. The fourth-order valence-electron chi connectivity index (χ4n) is 2.72. The third kappa shape index (κ3) is 4.71. The summed E-state index contributed by atoms with van der Waals surface area (Å²) in [6, 6.07) is 7.43. The molecule has 0 heterocycles. The molecule has 1 fully saturated rings. The quantitative estimate of drug-likeness (QED) is 0.760. The third-order valence-corrected chi connectivity index (χ3v) is 4.05. The second kappa shape index (κ2) is 8.15. The van der Waals surface area contributed by atoms with Crippen LogP contribution in [0.25, 0.3) is 0 Å². The number of hydrogen-bond acceptors (Lipinski definition) is 4. The van der Waals surface area contributed by atoms with E-state index in [1.54, 1.807) is 7.11 Å². The van der Waals surface area contributed by atoms with E-state index in [1.165, 1.54) is 0 Å². The van der Waals surface area contributed by atoms with Crippen molar-refractivity contribution in [3.8, 4) is 5.75 Å². The summed E-state index contributed by atoms with van der Waals surface area (Å²) in [6.45, 7) is 1.26. The van der Waals surface area contributed by atoms with Crippen molar-refractivity contribution in [1.82, 2.24) is 0 Å². The minimum atomic E-state index is -0.729. The Hall–Kier alpha value is -1.59. The molecule has 1 aromatic carbocycles. The van der Waals surface area contributed by atoms with E-state index < -0.39 is 5.54 Å². The summed E-state index contributed by atoms with van der Waals surface area (Å²) >= 11 is 0. The summed E-state index contributed by atoms with van der Waals surface area (Å²) in [4.78, 5) is 12.4. The smallest absolute Gasteiger partial charge is 0.244 e. The van der Waals surface area contributed by atoms with Crippen molar-refractivity contribution >= 4 is 11.6 Å². The number of carbonyl (C=O) groups excluding carboxylic acids is 1. The lowest BCUT2D eigenvalue weighted by Crippen LogP contribution is -2.52. The van der Waals surface area contributed by atoms with Gasteiger partial charge >= 0.3 is 0 Å². The molecule has 2 rings (SSSR count). The molecule has 5 heteroatoms. The number of amides is 1. The van der Waals surface area contributed by atoms with Gasteiger partial charge in [-0.15, -0.1) is 0 Å². The first-order valence-corrected chi connectivity index (χ1v) is 7.96. The lowest BCUT2D eigenvalue weighted by Gasteiger charge is -2.31. The Kier molecular flexibility index (Phi) is 6.21. The molecule has 1 aliphatic rings. The number of carbonyl (C=O) groups is 1. The van der Waals surface area contributed by atoms with Gasteiger partial charge in [0, 0.05) is 31.9 Å². The molecule has 0 bridgehead atoms. The third-order valence-electron chi connectivity index (χ3n) is 4.05. The fraction of sp³-hybridized carbons (Fsp3) is 0.588. The summed E-state index contributed by atoms with van der Waals surface area (Å²) in [5.74, 6) is 0.646. The van der Waals surface area contributed by atoms with Crippen LogP contribution in [0.1, 0.15) is 38.5 Å². The Morgan fingerprint density at radius 2 is 2.05 bits per heavy atom. The average Bonchev–Trinajstić information content (AvgIpc) is 2.53. The predicted molar refractivity (Wildman–Crippen MR) is 87.1 cm³/mol. The molecule has 0 spiro atoms. The van der Waals surface area contributed by atoms with Crippen LogP contribution in [-0.4, -0.2) is 31.8 Å². The zero-order valence-corrected chi connectivity index (χ0v) is 13.3. The molecular weight excluding hydrogens is 280 g/mol. The first kappa shape index (κ1) is 16.8. The molecule has 0 atom stereocenters. The Morgan fingerprint density at radius 3 is 2.77 bits per heavy atom. The Morgan fingerprint density at radius 1 is 1.27 bits per heavy atom. The van der Waals surface area contributed by atoms with Crippen LogP contribution in [0.15, 0.2) is 24.3 Å². The summed E-state index contributed by atoms with van der Waals surface area (Å²) in [7, 11) is 1.67. The molecule has 1 amide bonds. The number of hydrogen-bond donors (Lipinski definition) is 2. The van der Waals surface area contributed by atoms with Gasteiger partial charge < -0.3 is 20.5 Å². The number of nitrogens with two attached hydrogens (primary N) is 1. The molecule has 122 valence electrons. The van der Waals surface area contributed by atoms with Crippen molar-refractivity contribution in [2.75, 3.05) is 25.6 Å². The predicted octanol–water partition coefficient (Wildman–Crippen LogP) is 2.70. The van der Waals surface area contributed by atoms with Gasteiger partial charge in [-0.3, -0.25) is 4.79 Å². The molecule has 0 aromatic heterocycles. The van der Waals surface area contributed by atoms with Crippen LogP contribution in [0.5, 0.6) is 5.75 Å². The summed E-state index contributed by atoms with van der Waals surface area (Å²) in [5, 5.41) is 2.93. The summed E-state index contributed by atoms with van der Waals surface area (Å²) in [6.07, 6.45) is 5.55. The van der Waals surface area contributed by atoms with E-state index in [-0.39, 0.29) is 5.91 Å². The molecule has 0 radical (unpaired) electrons. The zero-order chi connectivity index (χ0) is 15.8. The van der Waals surface area contributed by atoms with Gasteiger partial charge in [0.1, 0.15) is 5.75 Å². The van der Waals surface area contributed by atoms with Crippen molar-refractivity contribution in [2.24, 2.45) is 5.73 Å². The zero-order valence-electron chi connectivity index (χ0n) is 13.3. The average molecular weight is 306 g/mol. The topological polar surface area (TPSA) is 73.6 Å². The number of ether oxygens (including phenoxy) is 2. The van der Waals surface area contributed by atoms with E-state index in [9.17, 15) is 4.79 Å². The Labute approximate surface area is 132 Å². The molecule has 0 aliphatic heterocycles. The number of methoxy groups -OCH3 is 1. The van der Waals surface area contributed by atoms with Gasteiger partial charge in [-0.05, 0) is 25.0 Å². The summed E-state index contributed by atoms with van der Waals surface area (Å²) < 4.78 is 10.6. The molecule has 0 unspecified atom stereocenters. The minimum absolute atomic E-state index is 0.0938. The maximum absolute atomic E-state index is 12.4. The Balaban J connectivity index is 1.90. The first-order valence-electron chi connectivity index (χ1n) is 7.96. The minimum Gasteiger partial charge on any atom is -0.493 e. The van der Waals surface area contributed by atoms with Crippen LogP contribution >= 0.6 is 0 Å². The van der Waals surface area contributed by atoms with Crippen molar-refractivity contribution in [2.45, 2.75) is 44.1 Å². The maximum atomic E-state index is 12.4. The standard InChI is InChI=1S/C17H26N2O3/c1-21-11-6-12-22-15-8-5-7-14(13-15)19-16(20)17(18)9-3-2-4-10-17/h5,7-8,13H,2-4,6,9-12,18H2,1H3,(H,19,20). The van der Waals surface area contributed by atoms with Gasteiger partial charge in [0.15, 0.2) is 0 Å². The highest BCUT2D eigenvalue weighted by Gasteiger charge is 2.35. The second-order valence-corrected chi connectivity index (χ2v) is 5.89. The van der Waals surface area contributed by atoms with E-state index in [1.807, 2.05) is 24.3 Å². The van der Waals surface area contributed by atoms with E-state index in [0.717, 1.165) is 50.0 Å². The highest BCUT2D eigenvalue weighted by atomic mass is 16.5. The SMILES string of the molecule is COCCCOc1cccc(NC(=O)C2(N)CCCCC2)c1. The van der Waals surface area contributed by atoms with Crippen LogP contribution in [0.4, 0.5) is 5.69 Å². The fourth-order valence-corrected chi connectivity index (χ4v) is 2.72. The van der Waals surface area contributed by atoms with Crippen LogP contribution in [0.3, 0.4) is 0 Å². The van der Waals surface area contributed by atoms with E-state index in [2.05, 4.69) is 5.32 Å². The van der Waals surface area contributed by atoms with Crippen molar-refractivity contribution in [1.29, 1.82) is 0 Å².